The second-order valence-electron chi connectivity index (χ2n) is 6.55. The Morgan fingerprint density at radius 2 is 1.91 bits per heavy atom. The topological polar surface area (TPSA) is 63.9 Å². The molecule has 0 spiro atoms. The van der Waals surface area contributed by atoms with E-state index in [1.807, 2.05) is 9.58 Å². The molecule has 2 aliphatic rings. The average Bonchev–Trinajstić information content (AvgIpc) is 3.02. The molecule has 1 aliphatic heterocycles. The summed E-state index contributed by atoms with van der Waals surface area (Å²) in [7, 11) is 0. The molecule has 0 N–H and O–H groups in total. The van der Waals surface area contributed by atoms with Crippen LogP contribution in [0.1, 0.15) is 57.9 Å². The second kappa shape index (κ2) is 7.44. The molecule has 1 aromatic rings. The molecule has 22 heavy (non-hydrogen) atoms. The summed E-state index contributed by atoms with van der Waals surface area (Å²) in [4.78, 5) is 14.3. The number of aromatic nitrogens is 4. The van der Waals surface area contributed by atoms with Crippen LogP contribution in [0.5, 0.6) is 0 Å². The van der Waals surface area contributed by atoms with E-state index in [2.05, 4.69) is 22.4 Å². The van der Waals surface area contributed by atoms with Gasteiger partial charge in [0.25, 0.3) is 0 Å². The molecule has 3 rings (SSSR count). The predicted octanol–water partition coefficient (Wildman–Crippen LogP) is 2.53. The lowest BCUT2D eigenvalue weighted by molar-refractivity contribution is -0.129. The standard InChI is InChI=1S/C15H25N5OS/c1-12-7-9-19(10-8-12)14(21)11-22-15-16-17-18-20(15)13-5-3-2-4-6-13/h12-13H,2-11H2,1H3. The van der Waals surface area contributed by atoms with Gasteiger partial charge >= 0.3 is 0 Å². The maximum Gasteiger partial charge on any atom is 0.233 e. The number of nitrogens with zero attached hydrogens (tertiary/aromatic N) is 5. The summed E-state index contributed by atoms with van der Waals surface area (Å²) in [5, 5.41) is 12.9. The molecule has 7 heteroatoms. The van der Waals surface area contributed by atoms with Crippen LogP contribution in [0.2, 0.25) is 0 Å². The van der Waals surface area contributed by atoms with Crippen LogP contribution in [-0.4, -0.2) is 49.9 Å². The molecule has 1 aliphatic carbocycles. The van der Waals surface area contributed by atoms with E-state index in [9.17, 15) is 4.79 Å². The van der Waals surface area contributed by atoms with Crippen molar-refractivity contribution in [3.63, 3.8) is 0 Å². The van der Waals surface area contributed by atoms with E-state index in [1.165, 1.54) is 31.0 Å². The van der Waals surface area contributed by atoms with Gasteiger partial charge in [0.05, 0.1) is 11.8 Å². The van der Waals surface area contributed by atoms with E-state index in [4.69, 9.17) is 0 Å². The van der Waals surface area contributed by atoms with Crippen LogP contribution in [0.15, 0.2) is 5.16 Å². The normalized spacial score (nSPS) is 21.2. The van der Waals surface area contributed by atoms with Crippen LogP contribution < -0.4 is 0 Å². The molecule has 6 nitrogen and oxygen atoms in total. The lowest BCUT2D eigenvalue weighted by Crippen LogP contribution is -2.39. The van der Waals surface area contributed by atoms with Crippen LogP contribution in [0.3, 0.4) is 0 Å². The zero-order chi connectivity index (χ0) is 15.4. The zero-order valence-corrected chi connectivity index (χ0v) is 14.1. The minimum Gasteiger partial charge on any atom is -0.342 e. The van der Waals surface area contributed by atoms with Gasteiger partial charge < -0.3 is 4.90 Å². The SMILES string of the molecule is CC1CCN(C(=O)CSc2nnnn2C2CCCCC2)CC1. The Morgan fingerprint density at radius 3 is 2.64 bits per heavy atom. The lowest BCUT2D eigenvalue weighted by Gasteiger charge is -2.30. The molecular formula is C15H25N5OS. The molecule has 122 valence electrons. The first-order valence-corrected chi connectivity index (χ1v) is 9.41. The van der Waals surface area contributed by atoms with Crippen molar-refractivity contribution in [3.8, 4) is 0 Å². The number of likely N-dealkylation sites (tertiary alicyclic amines) is 1. The third-order valence-corrected chi connectivity index (χ3v) is 5.76. The molecule has 0 aromatic carbocycles. The fourth-order valence-corrected chi connectivity index (χ4v) is 4.16. The van der Waals surface area contributed by atoms with E-state index >= 15 is 0 Å². The number of carbonyl (C=O) groups is 1. The van der Waals surface area contributed by atoms with E-state index in [0.717, 1.165) is 49.8 Å². The largest absolute Gasteiger partial charge is 0.342 e. The summed E-state index contributed by atoms with van der Waals surface area (Å²) in [5.74, 6) is 1.41. The predicted molar refractivity (Wildman–Crippen MR) is 85.6 cm³/mol. The monoisotopic (exact) mass is 323 g/mol. The van der Waals surface area contributed by atoms with Gasteiger partial charge in [0.1, 0.15) is 0 Å². The number of carbonyl (C=O) groups excluding carboxylic acids is 1. The van der Waals surface area contributed by atoms with E-state index in [-0.39, 0.29) is 5.91 Å². The average molecular weight is 323 g/mol. The van der Waals surface area contributed by atoms with Gasteiger partial charge in [-0.1, -0.05) is 37.9 Å². The van der Waals surface area contributed by atoms with Crippen molar-refractivity contribution >= 4 is 17.7 Å². The Labute approximate surface area is 136 Å². The Balaban J connectivity index is 1.53. The minimum absolute atomic E-state index is 0.218. The molecule has 2 heterocycles. The quantitative estimate of drug-likeness (QED) is 0.797. The number of thioether (sulfide) groups is 1. The molecule has 1 aromatic heterocycles. The fourth-order valence-electron chi connectivity index (χ4n) is 3.31. The van der Waals surface area contributed by atoms with Crippen molar-refractivity contribution < 1.29 is 4.79 Å². The van der Waals surface area contributed by atoms with Crippen molar-refractivity contribution in [2.45, 2.75) is 63.1 Å². The molecule has 2 fully saturated rings. The van der Waals surface area contributed by atoms with Gasteiger partial charge in [0.2, 0.25) is 11.1 Å². The van der Waals surface area contributed by atoms with Gasteiger partial charge in [0, 0.05) is 13.1 Å². The Hall–Kier alpha value is -1.11. The number of hydrogen-bond donors (Lipinski definition) is 0. The van der Waals surface area contributed by atoms with E-state index in [0.29, 0.717) is 11.8 Å². The van der Waals surface area contributed by atoms with Gasteiger partial charge in [0.15, 0.2) is 0 Å². The van der Waals surface area contributed by atoms with Crippen LogP contribution in [-0.2, 0) is 4.79 Å². The second-order valence-corrected chi connectivity index (χ2v) is 7.49. The van der Waals surface area contributed by atoms with Gasteiger partial charge in [-0.15, -0.1) is 5.10 Å². The fraction of sp³-hybridized carbons (Fsp3) is 0.867. The van der Waals surface area contributed by atoms with Crippen LogP contribution >= 0.6 is 11.8 Å². The van der Waals surface area contributed by atoms with Crippen molar-refractivity contribution in [1.82, 2.24) is 25.1 Å². The first-order chi connectivity index (χ1) is 10.7. The summed E-state index contributed by atoms with van der Waals surface area (Å²) >= 11 is 1.49. The highest BCUT2D eigenvalue weighted by molar-refractivity contribution is 7.99. The maximum atomic E-state index is 12.3. The van der Waals surface area contributed by atoms with E-state index < -0.39 is 0 Å². The molecule has 0 atom stereocenters. The Bertz CT molecular complexity index is 492. The molecule has 0 unspecified atom stereocenters. The molecule has 1 saturated heterocycles. The van der Waals surface area contributed by atoms with Crippen molar-refractivity contribution in [3.05, 3.63) is 0 Å². The number of amides is 1. The highest BCUT2D eigenvalue weighted by Crippen LogP contribution is 2.30. The van der Waals surface area contributed by atoms with Crippen LogP contribution in [0, 0.1) is 5.92 Å². The summed E-state index contributed by atoms with van der Waals surface area (Å²) < 4.78 is 1.94. The highest BCUT2D eigenvalue weighted by Gasteiger charge is 2.23. The van der Waals surface area contributed by atoms with Gasteiger partial charge in [-0.2, -0.15) is 0 Å². The lowest BCUT2D eigenvalue weighted by atomic mass is 9.96. The minimum atomic E-state index is 0.218. The molecular weight excluding hydrogens is 298 g/mol. The molecule has 1 saturated carbocycles. The molecule has 0 radical (unpaired) electrons. The number of piperidine rings is 1. The number of tetrazole rings is 1. The smallest absolute Gasteiger partial charge is 0.233 e. The Morgan fingerprint density at radius 1 is 1.18 bits per heavy atom. The van der Waals surface area contributed by atoms with Crippen LogP contribution in [0.25, 0.3) is 0 Å². The third kappa shape index (κ3) is 3.80. The molecule has 0 bridgehead atoms. The highest BCUT2D eigenvalue weighted by atomic mass is 32.2. The third-order valence-electron chi connectivity index (χ3n) is 4.84. The molecule has 1 amide bonds. The number of rotatable bonds is 4. The summed E-state index contributed by atoms with van der Waals surface area (Å²) in [6.45, 7) is 4.05. The zero-order valence-electron chi connectivity index (χ0n) is 13.3. The first kappa shape index (κ1) is 15.8. The van der Waals surface area contributed by atoms with Gasteiger partial charge in [-0.25, -0.2) is 4.68 Å². The van der Waals surface area contributed by atoms with Crippen molar-refractivity contribution in [2.75, 3.05) is 18.8 Å². The summed E-state index contributed by atoms with van der Waals surface area (Å²) in [5.41, 5.74) is 0. The van der Waals surface area contributed by atoms with Gasteiger partial charge in [-0.3, -0.25) is 4.79 Å². The number of hydrogen-bond acceptors (Lipinski definition) is 5. The maximum absolute atomic E-state index is 12.3. The van der Waals surface area contributed by atoms with Crippen molar-refractivity contribution in [1.29, 1.82) is 0 Å². The summed E-state index contributed by atoms with van der Waals surface area (Å²) in [6, 6.07) is 0.414. The first-order valence-electron chi connectivity index (χ1n) is 8.42. The Kier molecular flexibility index (Phi) is 5.33. The van der Waals surface area contributed by atoms with Crippen LogP contribution in [0.4, 0.5) is 0 Å². The van der Waals surface area contributed by atoms with Gasteiger partial charge in [-0.05, 0) is 42.0 Å². The van der Waals surface area contributed by atoms with E-state index in [1.54, 1.807) is 0 Å². The van der Waals surface area contributed by atoms with Crippen molar-refractivity contribution in [2.24, 2.45) is 5.92 Å². The summed E-state index contributed by atoms with van der Waals surface area (Å²) in [6.07, 6.45) is 8.35.